The van der Waals surface area contributed by atoms with E-state index in [9.17, 15) is 4.79 Å². The number of aromatic carboxylic acids is 1. The minimum atomic E-state index is -1.09. The van der Waals surface area contributed by atoms with Gasteiger partial charge in [0.05, 0.1) is 5.69 Å². The third kappa shape index (κ3) is 1.54. The Morgan fingerprint density at radius 2 is 2.25 bits per heavy atom. The van der Waals surface area contributed by atoms with Crippen molar-refractivity contribution in [1.29, 1.82) is 0 Å². The summed E-state index contributed by atoms with van der Waals surface area (Å²) in [5.41, 5.74) is 7.06. The minimum Gasteiger partial charge on any atom is -0.476 e. The van der Waals surface area contributed by atoms with Crippen molar-refractivity contribution in [2.45, 2.75) is 13.8 Å². The van der Waals surface area contributed by atoms with Gasteiger partial charge in [-0.05, 0) is 13.8 Å². The first-order valence-corrected chi connectivity index (χ1v) is 5.39. The second-order valence-corrected chi connectivity index (χ2v) is 4.18. The first-order chi connectivity index (χ1) is 7.50. The number of rotatable bonds is 2. The van der Waals surface area contributed by atoms with Crippen LogP contribution in [0, 0.1) is 13.8 Å². The highest BCUT2D eigenvalue weighted by molar-refractivity contribution is 7.12. The van der Waals surface area contributed by atoms with E-state index in [0.717, 1.165) is 5.69 Å². The van der Waals surface area contributed by atoms with Gasteiger partial charge in [-0.1, -0.05) is 0 Å². The monoisotopic (exact) mass is 238 g/mol. The minimum absolute atomic E-state index is 0.0367. The summed E-state index contributed by atoms with van der Waals surface area (Å²) in [4.78, 5) is 15.1. The fraction of sp³-hybridized carbons (Fsp3) is 0.222. The molecule has 16 heavy (non-hydrogen) atoms. The zero-order valence-electron chi connectivity index (χ0n) is 8.76. The van der Waals surface area contributed by atoms with E-state index in [1.54, 1.807) is 6.92 Å². The SMILES string of the molecule is Cc1csc(-n2nc(C(=O)O)c(C)c2N)n1. The molecule has 0 atom stereocenters. The van der Waals surface area contributed by atoms with Crippen LogP contribution in [0.25, 0.3) is 5.13 Å². The van der Waals surface area contributed by atoms with Gasteiger partial charge in [-0.25, -0.2) is 9.78 Å². The highest BCUT2D eigenvalue weighted by Crippen LogP contribution is 2.22. The molecule has 0 saturated heterocycles. The number of aryl methyl sites for hydroxylation is 1. The Hall–Kier alpha value is -1.89. The Bertz CT molecular complexity index is 558. The van der Waals surface area contributed by atoms with Crippen molar-refractivity contribution in [3.8, 4) is 5.13 Å². The average Bonchev–Trinajstić information content (AvgIpc) is 2.74. The van der Waals surface area contributed by atoms with Crippen molar-refractivity contribution in [3.63, 3.8) is 0 Å². The summed E-state index contributed by atoms with van der Waals surface area (Å²) < 4.78 is 1.36. The van der Waals surface area contributed by atoms with Crippen LogP contribution in [-0.2, 0) is 0 Å². The van der Waals surface area contributed by atoms with Crippen LogP contribution in [0.15, 0.2) is 5.38 Å². The molecule has 0 amide bonds. The lowest BCUT2D eigenvalue weighted by Crippen LogP contribution is -2.03. The number of hydrogen-bond acceptors (Lipinski definition) is 5. The van der Waals surface area contributed by atoms with Gasteiger partial charge in [0, 0.05) is 10.9 Å². The van der Waals surface area contributed by atoms with Crippen LogP contribution < -0.4 is 5.73 Å². The van der Waals surface area contributed by atoms with Crippen molar-refractivity contribution < 1.29 is 9.90 Å². The predicted octanol–water partition coefficient (Wildman–Crippen LogP) is 1.23. The summed E-state index contributed by atoms with van der Waals surface area (Å²) in [5, 5.41) is 15.3. The van der Waals surface area contributed by atoms with E-state index in [2.05, 4.69) is 10.1 Å². The molecule has 84 valence electrons. The highest BCUT2D eigenvalue weighted by Gasteiger charge is 2.19. The van der Waals surface area contributed by atoms with Gasteiger partial charge < -0.3 is 10.8 Å². The number of carboxylic acids is 1. The van der Waals surface area contributed by atoms with E-state index in [0.29, 0.717) is 16.5 Å². The van der Waals surface area contributed by atoms with Crippen molar-refractivity contribution in [1.82, 2.24) is 14.8 Å². The van der Waals surface area contributed by atoms with Gasteiger partial charge in [0.2, 0.25) is 5.13 Å². The molecule has 0 bridgehead atoms. The fourth-order valence-corrected chi connectivity index (χ4v) is 2.06. The van der Waals surface area contributed by atoms with Crippen LogP contribution in [0.2, 0.25) is 0 Å². The van der Waals surface area contributed by atoms with Crippen LogP contribution in [-0.4, -0.2) is 25.8 Å². The maximum Gasteiger partial charge on any atom is 0.356 e. The summed E-state index contributed by atoms with van der Waals surface area (Å²) >= 11 is 1.37. The molecule has 0 radical (unpaired) electrons. The Balaban J connectivity index is 2.58. The normalized spacial score (nSPS) is 10.6. The van der Waals surface area contributed by atoms with Crippen LogP contribution >= 0.6 is 11.3 Å². The molecule has 3 N–H and O–H groups in total. The third-order valence-corrected chi connectivity index (χ3v) is 3.09. The van der Waals surface area contributed by atoms with E-state index in [1.165, 1.54) is 16.0 Å². The largest absolute Gasteiger partial charge is 0.476 e. The zero-order valence-corrected chi connectivity index (χ0v) is 9.58. The molecule has 2 rings (SSSR count). The highest BCUT2D eigenvalue weighted by atomic mass is 32.1. The number of thiazole rings is 1. The molecule has 0 aliphatic heterocycles. The van der Waals surface area contributed by atoms with Gasteiger partial charge in [-0.2, -0.15) is 9.78 Å². The molecule has 2 heterocycles. The second kappa shape index (κ2) is 3.60. The summed E-state index contributed by atoms with van der Waals surface area (Å²) in [7, 11) is 0. The van der Waals surface area contributed by atoms with Crippen LogP contribution in [0.4, 0.5) is 5.82 Å². The lowest BCUT2D eigenvalue weighted by atomic mass is 10.2. The Labute approximate surface area is 95.3 Å². The number of nitrogens with two attached hydrogens (primary N) is 1. The maximum atomic E-state index is 10.9. The molecule has 2 aromatic rings. The summed E-state index contributed by atoms with van der Waals surface area (Å²) in [6.45, 7) is 3.48. The maximum absolute atomic E-state index is 10.9. The van der Waals surface area contributed by atoms with Crippen LogP contribution in [0.1, 0.15) is 21.7 Å². The number of nitrogen functional groups attached to an aromatic ring is 1. The number of hydrogen-bond donors (Lipinski definition) is 2. The lowest BCUT2D eigenvalue weighted by molar-refractivity contribution is 0.0689. The fourth-order valence-electron chi connectivity index (χ4n) is 1.30. The molecule has 2 aromatic heterocycles. The van der Waals surface area contributed by atoms with Crippen molar-refractivity contribution in [2.24, 2.45) is 0 Å². The van der Waals surface area contributed by atoms with Gasteiger partial charge in [-0.3, -0.25) is 0 Å². The first kappa shape index (κ1) is 10.6. The lowest BCUT2D eigenvalue weighted by Gasteiger charge is -1.97. The summed E-state index contributed by atoms with van der Waals surface area (Å²) in [6, 6.07) is 0. The number of anilines is 1. The number of carbonyl (C=O) groups is 1. The summed E-state index contributed by atoms with van der Waals surface area (Å²) in [6.07, 6.45) is 0. The van der Waals surface area contributed by atoms with Crippen molar-refractivity contribution in [2.75, 3.05) is 5.73 Å². The topological polar surface area (TPSA) is 94.0 Å². The smallest absolute Gasteiger partial charge is 0.356 e. The van der Waals surface area contributed by atoms with Gasteiger partial charge in [0.15, 0.2) is 5.69 Å². The molecule has 6 nitrogen and oxygen atoms in total. The Morgan fingerprint density at radius 1 is 1.56 bits per heavy atom. The quantitative estimate of drug-likeness (QED) is 0.820. The molecular weight excluding hydrogens is 228 g/mol. The second-order valence-electron chi connectivity index (χ2n) is 3.35. The molecule has 0 saturated carbocycles. The van der Waals surface area contributed by atoms with Crippen LogP contribution in [0.5, 0.6) is 0 Å². The number of carboxylic acid groups (broad SMARTS) is 1. The van der Waals surface area contributed by atoms with E-state index < -0.39 is 5.97 Å². The van der Waals surface area contributed by atoms with E-state index in [-0.39, 0.29) is 5.69 Å². The van der Waals surface area contributed by atoms with Crippen LogP contribution in [0.3, 0.4) is 0 Å². The van der Waals surface area contributed by atoms with Gasteiger partial charge in [0.1, 0.15) is 5.82 Å². The van der Waals surface area contributed by atoms with Crippen molar-refractivity contribution in [3.05, 3.63) is 22.3 Å². The summed E-state index contributed by atoms with van der Waals surface area (Å²) in [5.74, 6) is -0.775. The van der Waals surface area contributed by atoms with E-state index in [4.69, 9.17) is 10.8 Å². The van der Waals surface area contributed by atoms with Gasteiger partial charge in [0.25, 0.3) is 0 Å². The Morgan fingerprint density at radius 3 is 2.69 bits per heavy atom. The molecule has 0 aliphatic carbocycles. The molecule has 0 aromatic carbocycles. The van der Waals surface area contributed by atoms with E-state index >= 15 is 0 Å². The predicted molar refractivity (Wildman–Crippen MR) is 60.1 cm³/mol. The molecular formula is C9H10N4O2S. The van der Waals surface area contributed by atoms with Crippen molar-refractivity contribution >= 4 is 23.1 Å². The molecule has 7 heteroatoms. The molecule has 0 fully saturated rings. The molecule has 0 spiro atoms. The standard InChI is InChI=1S/C9H10N4O2S/c1-4-3-16-9(11-4)13-7(10)5(2)6(12-13)8(14)15/h3H,10H2,1-2H3,(H,14,15). The molecule has 0 aliphatic rings. The van der Waals surface area contributed by atoms with E-state index in [1.807, 2.05) is 12.3 Å². The molecule has 0 unspecified atom stereocenters. The van der Waals surface area contributed by atoms with Gasteiger partial charge in [-0.15, -0.1) is 11.3 Å². The zero-order chi connectivity index (χ0) is 11.9. The first-order valence-electron chi connectivity index (χ1n) is 4.51. The Kier molecular flexibility index (Phi) is 2.39. The number of aromatic nitrogens is 3. The third-order valence-electron chi connectivity index (χ3n) is 2.16. The number of nitrogens with zero attached hydrogens (tertiary/aromatic N) is 3. The average molecular weight is 238 g/mol. The van der Waals surface area contributed by atoms with Gasteiger partial charge >= 0.3 is 5.97 Å².